The van der Waals surface area contributed by atoms with Crippen molar-refractivity contribution < 1.29 is 14.1 Å². The lowest BCUT2D eigenvalue weighted by molar-refractivity contribution is -0.145. The van der Waals surface area contributed by atoms with E-state index in [1.807, 2.05) is 20.8 Å². The maximum absolute atomic E-state index is 12.0. The van der Waals surface area contributed by atoms with E-state index in [0.29, 0.717) is 6.54 Å². The predicted molar refractivity (Wildman–Crippen MR) is 69.7 cm³/mol. The van der Waals surface area contributed by atoms with Crippen LogP contribution in [0, 0.1) is 13.8 Å². The van der Waals surface area contributed by atoms with Crippen LogP contribution in [0.4, 0.5) is 0 Å². The summed E-state index contributed by atoms with van der Waals surface area (Å²) in [6, 6.07) is 0. The molecule has 0 aliphatic carbocycles. The average molecular weight is 267 g/mol. The highest BCUT2D eigenvalue weighted by Gasteiger charge is 2.33. The first-order valence-corrected chi connectivity index (χ1v) is 6.42. The third-order valence-electron chi connectivity index (χ3n) is 3.54. The monoisotopic (exact) mass is 267 g/mol. The Labute approximate surface area is 113 Å². The Balaban J connectivity index is 1.85. The van der Waals surface area contributed by atoms with Crippen LogP contribution in [0.2, 0.25) is 0 Å². The molecule has 1 aromatic heterocycles. The van der Waals surface area contributed by atoms with Gasteiger partial charge in [-0.05, 0) is 20.8 Å². The highest BCUT2D eigenvalue weighted by Crippen LogP contribution is 2.17. The van der Waals surface area contributed by atoms with Gasteiger partial charge in [-0.1, -0.05) is 5.16 Å². The van der Waals surface area contributed by atoms with Crippen molar-refractivity contribution in [3.63, 3.8) is 0 Å². The van der Waals surface area contributed by atoms with Gasteiger partial charge in [0.25, 0.3) is 0 Å². The molecule has 2 rings (SSSR count). The highest BCUT2D eigenvalue weighted by molar-refractivity contribution is 5.77. The van der Waals surface area contributed by atoms with Crippen molar-refractivity contribution in [2.45, 2.75) is 32.9 Å². The number of hydrogen-bond acceptors (Lipinski definition) is 5. The third-order valence-corrected chi connectivity index (χ3v) is 3.54. The number of carbonyl (C=O) groups excluding carboxylic acids is 1. The van der Waals surface area contributed by atoms with E-state index in [1.165, 1.54) is 0 Å². The molecule has 1 aromatic rings. The van der Waals surface area contributed by atoms with Crippen LogP contribution < -0.4 is 5.32 Å². The minimum Gasteiger partial charge on any atom is -0.363 e. The van der Waals surface area contributed by atoms with E-state index in [0.717, 1.165) is 30.1 Å². The van der Waals surface area contributed by atoms with Gasteiger partial charge in [-0.3, -0.25) is 4.79 Å². The van der Waals surface area contributed by atoms with E-state index in [4.69, 9.17) is 9.26 Å². The van der Waals surface area contributed by atoms with Crippen LogP contribution in [-0.2, 0) is 16.1 Å². The summed E-state index contributed by atoms with van der Waals surface area (Å²) in [5.41, 5.74) is 1.60. The third kappa shape index (κ3) is 3.13. The van der Waals surface area contributed by atoms with Crippen LogP contribution in [-0.4, -0.2) is 48.3 Å². The van der Waals surface area contributed by atoms with Gasteiger partial charge >= 0.3 is 0 Å². The molecular weight excluding hydrogens is 246 g/mol. The van der Waals surface area contributed by atoms with Crippen LogP contribution >= 0.6 is 0 Å². The SMILES string of the molecule is Cc1noc(C)c1CN(C)C(=O)COC1(C)CNC1. The first-order valence-electron chi connectivity index (χ1n) is 6.42. The molecule has 0 spiro atoms. The second kappa shape index (κ2) is 5.30. The van der Waals surface area contributed by atoms with Crippen LogP contribution in [0.15, 0.2) is 4.52 Å². The van der Waals surface area contributed by atoms with Gasteiger partial charge in [0.15, 0.2) is 0 Å². The van der Waals surface area contributed by atoms with Crippen molar-refractivity contribution in [3.05, 3.63) is 17.0 Å². The summed E-state index contributed by atoms with van der Waals surface area (Å²) >= 11 is 0. The van der Waals surface area contributed by atoms with Gasteiger partial charge in [-0.25, -0.2) is 0 Å². The molecule has 1 saturated heterocycles. The van der Waals surface area contributed by atoms with E-state index < -0.39 is 0 Å². The largest absolute Gasteiger partial charge is 0.363 e. The average Bonchev–Trinajstić information content (AvgIpc) is 2.65. The first kappa shape index (κ1) is 14.0. The number of carbonyl (C=O) groups is 1. The Hall–Kier alpha value is -1.40. The fourth-order valence-electron chi connectivity index (χ4n) is 1.98. The maximum Gasteiger partial charge on any atom is 0.248 e. The molecule has 0 atom stereocenters. The van der Waals surface area contributed by atoms with E-state index in [9.17, 15) is 4.79 Å². The molecule has 106 valence electrons. The molecule has 6 nitrogen and oxygen atoms in total. The number of likely N-dealkylation sites (N-methyl/N-ethyl adjacent to an activating group) is 1. The van der Waals surface area contributed by atoms with Crippen molar-refractivity contribution in [1.29, 1.82) is 0 Å². The maximum atomic E-state index is 12.0. The summed E-state index contributed by atoms with van der Waals surface area (Å²) in [7, 11) is 1.76. The summed E-state index contributed by atoms with van der Waals surface area (Å²) in [4.78, 5) is 13.6. The zero-order valence-corrected chi connectivity index (χ0v) is 11.9. The molecule has 0 bridgehead atoms. The predicted octanol–water partition coefficient (Wildman–Crippen LogP) is 0.628. The van der Waals surface area contributed by atoms with Crippen LogP contribution in [0.1, 0.15) is 23.9 Å². The molecule has 1 fully saturated rings. The van der Waals surface area contributed by atoms with Crippen LogP contribution in [0.5, 0.6) is 0 Å². The van der Waals surface area contributed by atoms with Crippen molar-refractivity contribution in [2.75, 3.05) is 26.7 Å². The molecule has 0 aromatic carbocycles. The van der Waals surface area contributed by atoms with Gasteiger partial charge in [0.05, 0.1) is 17.8 Å². The Kier molecular flexibility index (Phi) is 3.91. The fourth-order valence-corrected chi connectivity index (χ4v) is 1.98. The first-order chi connectivity index (χ1) is 8.91. The Morgan fingerprint density at radius 1 is 1.53 bits per heavy atom. The van der Waals surface area contributed by atoms with Gasteiger partial charge in [-0.15, -0.1) is 0 Å². The van der Waals surface area contributed by atoms with Crippen molar-refractivity contribution >= 4 is 5.91 Å². The minimum atomic E-state index is -0.195. The smallest absolute Gasteiger partial charge is 0.248 e. The number of nitrogens with one attached hydrogen (secondary N) is 1. The zero-order valence-electron chi connectivity index (χ0n) is 11.9. The Morgan fingerprint density at radius 2 is 2.21 bits per heavy atom. The number of nitrogens with zero attached hydrogens (tertiary/aromatic N) is 2. The van der Waals surface area contributed by atoms with Crippen molar-refractivity contribution in [1.82, 2.24) is 15.4 Å². The summed E-state index contributed by atoms with van der Waals surface area (Å²) in [5.74, 6) is 0.723. The summed E-state index contributed by atoms with van der Waals surface area (Å²) in [5, 5.41) is 7.02. The van der Waals surface area contributed by atoms with Crippen LogP contribution in [0.25, 0.3) is 0 Å². The highest BCUT2D eigenvalue weighted by atomic mass is 16.5. The van der Waals surface area contributed by atoms with Gasteiger partial charge < -0.3 is 19.5 Å². The second-order valence-electron chi connectivity index (χ2n) is 5.39. The molecule has 1 N–H and O–H groups in total. The number of ether oxygens (including phenoxy) is 1. The molecule has 1 aliphatic rings. The Bertz CT molecular complexity index is 446. The Morgan fingerprint density at radius 3 is 2.68 bits per heavy atom. The fraction of sp³-hybridized carbons (Fsp3) is 0.692. The molecular formula is C13H21N3O3. The van der Waals surface area contributed by atoms with Crippen molar-refractivity contribution in [3.8, 4) is 0 Å². The van der Waals surface area contributed by atoms with Crippen LogP contribution in [0.3, 0.4) is 0 Å². The number of rotatable bonds is 5. The second-order valence-corrected chi connectivity index (χ2v) is 5.39. The molecule has 0 unspecified atom stereocenters. The molecule has 0 radical (unpaired) electrons. The standard InChI is InChI=1S/C13H21N3O3/c1-9-11(10(2)19-15-9)5-16(4)12(17)6-18-13(3)7-14-8-13/h14H,5-8H2,1-4H3. The van der Waals surface area contributed by atoms with E-state index in [2.05, 4.69) is 10.5 Å². The lowest BCUT2D eigenvalue weighted by atomic mass is 10.0. The summed E-state index contributed by atoms with van der Waals surface area (Å²) in [6.07, 6.45) is 0. The van der Waals surface area contributed by atoms with Gasteiger partial charge in [0, 0.05) is 25.7 Å². The normalized spacial score (nSPS) is 17.1. The summed E-state index contributed by atoms with van der Waals surface area (Å²) in [6.45, 7) is 7.94. The molecule has 2 heterocycles. The van der Waals surface area contributed by atoms with E-state index in [1.54, 1.807) is 11.9 Å². The minimum absolute atomic E-state index is 0.0341. The molecule has 1 amide bonds. The zero-order chi connectivity index (χ0) is 14.0. The molecule has 0 saturated carbocycles. The quantitative estimate of drug-likeness (QED) is 0.847. The molecule has 19 heavy (non-hydrogen) atoms. The topological polar surface area (TPSA) is 67.6 Å². The lowest BCUT2D eigenvalue weighted by Crippen LogP contribution is -2.59. The van der Waals surface area contributed by atoms with E-state index in [-0.39, 0.29) is 18.1 Å². The number of amides is 1. The van der Waals surface area contributed by atoms with E-state index >= 15 is 0 Å². The molecule has 1 aliphatic heterocycles. The number of aromatic nitrogens is 1. The lowest BCUT2D eigenvalue weighted by Gasteiger charge is -2.39. The number of hydrogen-bond donors (Lipinski definition) is 1. The van der Waals surface area contributed by atoms with Gasteiger partial charge in [-0.2, -0.15) is 0 Å². The molecule has 6 heteroatoms. The van der Waals surface area contributed by atoms with Crippen molar-refractivity contribution in [2.24, 2.45) is 0 Å². The van der Waals surface area contributed by atoms with Gasteiger partial charge in [0.2, 0.25) is 5.91 Å². The number of aryl methyl sites for hydroxylation is 2. The van der Waals surface area contributed by atoms with Gasteiger partial charge in [0.1, 0.15) is 12.4 Å². The summed E-state index contributed by atoms with van der Waals surface area (Å²) < 4.78 is 10.7.